The number of carbonyl (C=O) groups is 1. The average Bonchev–Trinajstić information content (AvgIpc) is 2.61. The highest BCUT2D eigenvalue weighted by molar-refractivity contribution is 6.29. The first-order chi connectivity index (χ1) is 7.99. The molecule has 3 nitrogen and oxygen atoms in total. The van der Waals surface area contributed by atoms with Crippen molar-refractivity contribution in [2.75, 3.05) is 5.32 Å². The molecule has 2 rings (SSSR count). The summed E-state index contributed by atoms with van der Waals surface area (Å²) in [4.78, 5) is 16.1. The zero-order valence-corrected chi connectivity index (χ0v) is 10.9. The van der Waals surface area contributed by atoms with Crippen molar-refractivity contribution in [3.05, 3.63) is 23.5 Å². The van der Waals surface area contributed by atoms with E-state index in [1.807, 2.05) is 0 Å². The number of aromatic nitrogens is 1. The molecule has 1 saturated carbocycles. The van der Waals surface area contributed by atoms with E-state index in [1.165, 1.54) is 0 Å². The number of nitrogens with zero attached hydrogens (tertiary/aromatic N) is 1. The molecule has 1 aromatic heterocycles. The van der Waals surface area contributed by atoms with E-state index < -0.39 is 0 Å². The van der Waals surface area contributed by atoms with Crippen LogP contribution in [0.1, 0.15) is 33.1 Å². The molecule has 1 atom stereocenters. The largest absolute Gasteiger partial charge is 0.324 e. The predicted octanol–water partition coefficient (Wildman–Crippen LogP) is 3.50. The normalized spacial score (nSPS) is 22.4. The van der Waals surface area contributed by atoms with Gasteiger partial charge in [-0.25, -0.2) is 4.98 Å². The van der Waals surface area contributed by atoms with E-state index in [1.54, 1.807) is 18.3 Å². The second-order valence-electron chi connectivity index (χ2n) is 5.29. The lowest BCUT2D eigenvalue weighted by molar-refractivity contribution is -0.122. The Morgan fingerprint density at radius 2 is 2.29 bits per heavy atom. The van der Waals surface area contributed by atoms with Gasteiger partial charge in [0.1, 0.15) is 5.15 Å². The Labute approximate surface area is 107 Å². The van der Waals surface area contributed by atoms with Crippen LogP contribution in [0.25, 0.3) is 0 Å². The molecule has 0 radical (unpaired) electrons. The van der Waals surface area contributed by atoms with Gasteiger partial charge in [0.2, 0.25) is 5.91 Å². The maximum Gasteiger partial charge on any atom is 0.228 e. The lowest BCUT2D eigenvalue weighted by Crippen LogP contribution is -2.30. The van der Waals surface area contributed by atoms with Gasteiger partial charge in [0, 0.05) is 5.92 Å². The van der Waals surface area contributed by atoms with E-state index in [-0.39, 0.29) is 17.2 Å². The zero-order chi connectivity index (χ0) is 12.5. The number of nitrogens with one attached hydrogen (secondary N) is 1. The first kappa shape index (κ1) is 12.4. The Hall–Kier alpha value is -1.09. The molecular formula is C13H17ClN2O. The smallest absolute Gasteiger partial charge is 0.228 e. The standard InChI is InChI=1S/C13H17ClN2O/c1-13(2)7-3-4-10(13)12(17)16-9-5-6-11(14)15-8-9/h5-6,8,10H,3-4,7H2,1-2H3,(H,16,17). The predicted molar refractivity (Wildman–Crippen MR) is 69.0 cm³/mol. The topological polar surface area (TPSA) is 42.0 Å². The van der Waals surface area contributed by atoms with Crippen LogP contribution in [0.5, 0.6) is 0 Å². The van der Waals surface area contributed by atoms with Gasteiger partial charge in [0.15, 0.2) is 0 Å². The minimum absolute atomic E-state index is 0.0941. The maximum absolute atomic E-state index is 12.1. The summed E-state index contributed by atoms with van der Waals surface area (Å²) >= 11 is 5.70. The van der Waals surface area contributed by atoms with E-state index in [4.69, 9.17) is 11.6 Å². The van der Waals surface area contributed by atoms with Crippen LogP contribution < -0.4 is 5.32 Å². The molecule has 1 heterocycles. The summed E-state index contributed by atoms with van der Waals surface area (Å²) in [6.07, 6.45) is 4.80. The summed E-state index contributed by atoms with van der Waals surface area (Å²) in [6.45, 7) is 4.31. The van der Waals surface area contributed by atoms with Crippen LogP contribution in [0.2, 0.25) is 5.15 Å². The first-order valence-corrected chi connectivity index (χ1v) is 6.29. The van der Waals surface area contributed by atoms with Crippen LogP contribution in [0.4, 0.5) is 5.69 Å². The number of amides is 1. The summed E-state index contributed by atoms with van der Waals surface area (Å²) in [5, 5.41) is 3.34. The molecule has 1 aliphatic rings. The van der Waals surface area contributed by atoms with Gasteiger partial charge in [-0.05, 0) is 30.4 Å². The summed E-state index contributed by atoms with van der Waals surface area (Å²) in [7, 11) is 0. The SMILES string of the molecule is CC1(C)CCCC1C(=O)Nc1ccc(Cl)nc1. The highest BCUT2D eigenvalue weighted by atomic mass is 35.5. The molecule has 1 aliphatic carbocycles. The third-order valence-electron chi connectivity index (χ3n) is 3.57. The minimum Gasteiger partial charge on any atom is -0.324 e. The molecule has 1 amide bonds. The molecule has 1 aromatic rings. The fourth-order valence-corrected chi connectivity index (χ4v) is 2.60. The highest BCUT2D eigenvalue weighted by Crippen LogP contribution is 2.42. The summed E-state index contributed by atoms with van der Waals surface area (Å²) in [6, 6.07) is 3.45. The molecule has 1 unspecified atom stereocenters. The number of hydrogen-bond acceptors (Lipinski definition) is 2. The van der Waals surface area contributed by atoms with Gasteiger partial charge in [-0.15, -0.1) is 0 Å². The van der Waals surface area contributed by atoms with Crippen LogP contribution in [0, 0.1) is 11.3 Å². The van der Waals surface area contributed by atoms with Gasteiger partial charge in [-0.2, -0.15) is 0 Å². The van der Waals surface area contributed by atoms with Crippen LogP contribution in [-0.4, -0.2) is 10.9 Å². The third-order valence-corrected chi connectivity index (χ3v) is 3.79. The number of hydrogen-bond donors (Lipinski definition) is 1. The van der Waals surface area contributed by atoms with E-state index in [0.29, 0.717) is 10.8 Å². The lowest BCUT2D eigenvalue weighted by atomic mass is 9.81. The Morgan fingerprint density at radius 3 is 2.82 bits per heavy atom. The van der Waals surface area contributed by atoms with Crippen molar-refractivity contribution in [1.82, 2.24) is 4.98 Å². The van der Waals surface area contributed by atoms with Crippen LogP contribution in [0.3, 0.4) is 0 Å². The highest BCUT2D eigenvalue weighted by Gasteiger charge is 2.39. The van der Waals surface area contributed by atoms with Crippen molar-refractivity contribution in [3.63, 3.8) is 0 Å². The van der Waals surface area contributed by atoms with Crippen molar-refractivity contribution in [3.8, 4) is 0 Å². The lowest BCUT2D eigenvalue weighted by Gasteiger charge is -2.25. The van der Waals surface area contributed by atoms with Gasteiger partial charge >= 0.3 is 0 Å². The Bertz CT molecular complexity index is 414. The van der Waals surface area contributed by atoms with Gasteiger partial charge in [-0.1, -0.05) is 31.9 Å². The minimum atomic E-state index is 0.0941. The van der Waals surface area contributed by atoms with E-state index in [2.05, 4.69) is 24.1 Å². The number of pyridine rings is 1. The van der Waals surface area contributed by atoms with Crippen molar-refractivity contribution in [2.24, 2.45) is 11.3 Å². The molecule has 0 spiro atoms. The number of carbonyl (C=O) groups excluding carboxylic acids is 1. The molecular weight excluding hydrogens is 236 g/mol. The fraction of sp³-hybridized carbons (Fsp3) is 0.538. The van der Waals surface area contributed by atoms with E-state index in [0.717, 1.165) is 19.3 Å². The van der Waals surface area contributed by atoms with Crippen molar-refractivity contribution in [1.29, 1.82) is 0 Å². The molecule has 0 aliphatic heterocycles. The first-order valence-electron chi connectivity index (χ1n) is 5.91. The van der Waals surface area contributed by atoms with Crippen LogP contribution in [-0.2, 0) is 4.79 Å². The second kappa shape index (κ2) is 4.65. The molecule has 92 valence electrons. The van der Waals surface area contributed by atoms with Crippen molar-refractivity contribution >= 4 is 23.2 Å². The third kappa shape index (κ3) is 2.78. The summed E-state index contributed by atoms with van der Waals surface area (Å²) in [5.41, 5.74) is 0.811. The Balaban J connectivity index is 2.04. The maximum atomic E-state index is 12.1. The molecule has 1 N–H and O–H groups in total. The monoisotopic (exact) mass is 252 g/mol. The molecule has 0 aromatic carbocycles. The van der Waals surface area contributed by atoms with Crippen molar-refractivity contribution < 1.29 is 4.79 Å². The quantitative estimate of drug-likeness (QED) is 0.819. The average molecular weight is 253 g/mol. The molecule has 0 bridgehead atoms. The number of anilines is 1. The number of rotatable bonds is 2. The Morgan fingerprint density at radius 1 is 1.53 bits per heavy atom. The van der Waals surface area contributed by atoms with Crippen molar-refractivity contribution in [2.45, 2.75) is 33.1 Å². The fourth-order valence-electron chi connectivity index (χ4n) is 2.49. The van der Waals surface area contributed by atoms with Crippen LogP contribution >= 0.6 is 11.6 Å². The summed E-state index contributed by atoms with van der Waals surface area (Å²) < 4.78 is 0. The van der Waals surface area contributed by atoms with E-state index in [9.17, 15) is 4.79 Å². The van der Waals surface area contributed by atoms with Gasteiger partial charge in [0.05, 0.1) is 11.9 Å². The van der Waals surface area contributed by atoms with Crippen LogP contribution in [0.15, 0.2) is 18.3 Å². The zero-order valence-electron chi connectivity index (χ0n) is 10.2. The van der Waals surface area contributed by atoms with E-state index >= 15 is 0 Å². The molecule has 1 fully saturated rings. The second-order valence-corrected chi connectivity index (χ2v) is 5.68. The number of halogens is 1. The molecule has 4 heteroatoms. The van der Waals surface area contributed by atoms with Gasteiger partial charge < -0.3 is 5.32 Å². The Kier molecular flexibility index (Phi) is 3.38. The van der Waals surface area contributed by atoms with Gasteiger partial charge in [-0.3, -0.25) is 4.79 Å². The molecule has 17 heavy (non-hydrogen) atoms. The summed E-state index contributed by atoms with van der Waals surface area (Å²) in [5.74, 6) is 0.190. The molecule has 0 saturated heterocycles. The van der Waals surface area contributed by atoms with Gasteiger partial charge in [0.25, 0.3) is 0 Å².